The molecule has 1 atom stereocenters. The summed E-state index contributed by atoms with van der Waals surface area (Å²) in [6, 6.07) is 3.63. The van der Waals surface area contributed by atoms with Gasteiger partial charge in [-0.25, -0.2) is 9.18 Å². The average molecular weight is 361 g/mol. The third kappa shape index (κ3) is 6.12. The number of nitrogens with one attached hydrogen (secondary N) is 2. The molecule has 1 aromatic carbocycles. The Morgan fingerprint density at radius 2 is 2.14 bits per heavy atom. The molecule has 0 aliphatic carbocycles. The van der Waals surface area contributed by atoms with Crippen LogP contribution in [0.25, 0.3) is 0 Å². The van der Waals surface area contributed by atoms with Crippen molar-refractivity contribution in [3.05, 3.63) is 28.5 Å². The molecule has 7 heteroatoms. The molecule has 116 valence electrons. The first-order chi connectivity index (χ1) is 9.93. The quantitative estimate of drug-likeness (QED) is 0.694. The van der Waals surface area contributed by atoms with Crippen LogP contribution in [0.1, 0.15) is 26.2 Å². The van der Waals surface area contributed by atoms with Crippen molar-refractivity contribution in [3.8, 4) is 0 Å². The minimum absolute atomic E-state index is 0.0132. The van der Waals surface area contributed by atoms with E-state index in [2.05, 4.69) is 26.6 Å². The number of carbonyl (C=O) groups excluding carboxylic acids is 1. The second kappa shape index (κ2) is 8.61. The minimum Gasteiger partial charge on any atom is -0.481 e. The molecule has 0 fully saturated rings. The first kappa shape index (κ1) is 17.4. The molecule has 2 amide bonds. The van der Waals surface area contributed by atoms with Gasteiger partial charge in [-0.05, 0) is 24.6 Å². The fourth-order valence-electron chi connectivity index (χ4n) is 1.74. The van der Waals surface area contributed by atoms with Gasteiger partial charge in [0.05, 0.1) is 11.6 Å². The second-order valence-electron chi connectivity index (χ2n) is 4.64. The lowest BCUT2D eigenvalue weighted by molar-refractivity contribution is -0.141. The number of amides is 2. The summed E-state index contributed by atoms with van der Waals surface area (Å²) in [7, 11) is 0. The van der Waals surface area contributed by atoms with Crippen LogP contribution in [-0.2, 0) is 4.79 Å². The van der Waals surface area contributed by atoms with Crippen LogP contribution in [0.5, 0.6) is 0 Å². The molecule has 0 bridgehead atoms. The lowest BCUT2D eigenvalue weighted by Gasteiger charge is -2.13. The Morgan fingerprint density at radius 1 is 1.43 bits per heavy atom. The van der Waals surface area contributed by atoms with Gasteiger partial charge < -0.3 is 15.7 Å². The molecule has 3 N–H and O–H groups in total. The highest BCUT2D eigenvalue weighted by Crippen LogP contribution is 2.19. The van der Waals surface area contributed by atoms with Crippen LogP contribution in [0.15, 0.2) is 22.7 Å². The Labute approximate surface area is 131 Å². The summed E-state index contributed by atoms with van der Waals surface area (Å²) < 4.78 is 14.1. The molecule has 1 rings (SSSR count). The summed E-state index contributed by atoms with van der Waals surface area (Å²) in [5.41, 5.74) is 0.0381. The third-order valence-corrected chi connectivity index (χ3v) is 3.44. The number of urea groups is 1. The summed E-state index contributed by atoms with van der Waals surface area (Å²) in [5, 5.41) is 13.8. The standard InChI is InChI=1S/C14H18BrFN2O3/c1-2-3-4-9(13(19)20)8-17-14(21)18-12-6-5-10(15)7-11(12)16/h5-7,9H,2-4,8H2,1H3,(H,19,20)(H2,17,18,21). The number of unbranched alkanes of at least 4 members (excludes halogenated alkanes) is 1. The molecule has 0 aliphatic heterocycles. The molecule has 0 radical (unpaired) electrons. The van der Waals surface area contributed by atoms with E-state index < -0.39 is 23.7 Å². The van der Waals surface area contributed by atoms with Gasteiger partial charge in [0.1, 0.15) is 5.82 Å². The SMILES string of the molecule is CCCCC(CNC(=O)Nc1ccc(Br)cc1F)C(=O)O. The number of carboxylic acid groups (broad SMARTS) is 1. The number of aliphatic carboxylic acids is 1. The van der Waals surface area contributed by atoms with Gasteiger partial charge in [0.2, 0.25) is 0 Å². The molecule has 1 aromatic rings. The number of hydrogen-bond donors (Lipinski definition) is 3. The van der Waals surface area contributed by atoms with E-state index in [9.17, 15) is 14.0 Å². The third-order valence-electron chi connectivity index (χ3n) is 2.94. The van der Waals surface area contributed by atoms with Gasteiger partial charge in [0, 0.05) is 11.0 Å². The van der Waals surface area contributed by atoms with E-state index in [-0.39, 0.29) is 12.2 Å². The van der Waals surface area contributed by atoms with Gasteiger partial charge in [-0.15, -0.1) is 0 Å². The Morgan fingerprint density at radius 3 is 2.71 bits per heavy atom. The zero-order valence-electron chi connectivity index (χ0n) is 11.7. The summed E-state index contributed by atoms with van der Waals surface area (Å²) in [4.78, 5) is 22.7. The second-order valence-corrected chi connectivity index (χ2v) is 5.55. The van der Waals surface area contributed by atoms with Gasteiger partial charge in [-0.3, -0.25) is 4.79 Å². The first-order valence-corrected chi connectivity index (χ1v) is 7.46. The number of benzene rings is 1. The number of hydrogen-bond acceptors (Lipinski definition) is 2. The zero-order valence-corrected chi connectivity index (χ0v) is 13.2. The van der Waals surface area contributed by atoms with Crippen LogP contribution in [0.4, 0.5) is 14.9 Å². The fourth-order valence-corrected chi connectivity index (χ4v) is 2.07. The predicted molar refractivity (Wildman–Crippen MR) is 81.8 cm³/mol. The highest BCUT2D eigenvalue weighted by molar-refractivity contribution is 9.10. The molecule has 5 nitrogen and oxygen atoms in total. The van der Waals surface area contributed by atoms with Gasteiger partial charge >= 0.3 is 12.0 Å². The molecule has 0 saturated heterocycles. The monoisotopic (exact) mass is 360 g/mol. The van der Waals surface area contributed by atoms with Gasteiger partial charge in [-0.1, -0.05) is 35.7 Å². The zero-order chi connectivity index (χ0) is 15.8. The number of carboxylic acids is 1. The van der Waals surface area contributed by atoms with Gasteiger partial charge in [0.25, 0.3) is 0 Å². The molecule has 0 spiro atoms. The van der Waals surface area contributed by atoms with E-state index >= 15 is 0 Å². The van der Waals surface area contributed by atoms with E-state index in [1.165, 1.54) is 12.1 Å². The van der Waals surface area contributed by atoms with Crippen LogP contribution in [0, 0.1) is 11.7 Å². The Hall–Kier alpha value is -1.63. The first-order valence-electron chi connectivity index (χ1n) is 6.66. The molecular formula is C14H18BrFN2O3. The van der Waals surface area contributed by atoms with Gasteiger partial charge in [-0.2, -0.15) is 0 Å². The minimum atomic E-state index is -0.946. The van der Waals surface area contributed by atoms with Crippen molar-refractivity contribution in [2.24, 2.45) is 5.92 Å². The maximum absolute atomic E-state index is 13.5. The predicted octanol–water partition coefficient (Wildman–Crippen LogP) is 3.60. The number of carbonyl (C=O) groups is 2. The van der Waals surface area contributed by atoms with E-state index in [4.69, 9.17) is 5.11 Å². The van der Waals surface area contributed by atoms with Crippen LogP contribution in [-0.4, -0.2) is 23.7 Å². The summed E-state index contributed by atoms with van der Waals surface area (Å²) in [6.07, 6.45) is 2.17. The topological polar surface area (TPSA) is 78.4 Å². The molecule has 0 aromatic heterocycles. The van der Waals surface area contributed by atoms with Crippen LogP contribution in [0.3, 0.4) is 0 Å². The Bertz CT molecular complexity index is 511. The molecule has 0 saturated carbocycles. The Balaban J connectivity index is 2.50. The van der Waals surface area contributed by atoms with Gasteiger partial charge in [0.15, 0.2) is 0 Å². The van der Waals surface area contributed by atoms with Crippen LogP contribution in [0.2, 0.25) is 0 Å². The Kier molecular flexibility index (Phi) is 7.14. The highest BCUT2D eigenvalue weighted by Gasteiger charge is 2.18. The number of halogens is 2. The van der Waals surface area contributed by atoms with Crippen molar-refractivity contribution in [1.82, 2.24) is 5.32 Å². The van der Waals surface area contributed by atoms with Crippen molar-refractivity contribution in [1.29, 1.82) is 0 Å². The van der Waals surface area contributed by atoms with Crippen LogP contribution < -0.4 is 10.6 Å². The smallest absolute Gasteiger partial charge is 0.319 e. The largest absolute Gasteiger partial charge is 0.481 e. The maximum Gasteiger partial charge on any atom is 0.319 e. The number of rotatable bonds is 7. The van der Waals surface area contributed by atoms with E-state index in [1.807, 2.05) is 6.92 Å². The fraction of sp³-hybridized carbons (Fsp3) is 0.429. The van der Waals surface area contributed by atoms with E-state index in [0.29, 0.717) is 10.9 Å². The van der Waals surface area contributed by atoms with E-state index in [0.717, 1.165) is 12.8 Å². The van der Waals surface area contributed by atoms with Crippen molar-refractivity contribution < 1.29 is 19.1 Å². The molecule has 0 aliphatic rings. The molecule has 0 heterocycles. The summed E-state index contributed by atoms with van der Waals surface area (Å²) >= 11 is 3.12. The van der Waals surface area contributed by atoms with Crippen LogP contribution >= 0.6 is 15.9 Å². The lowest BCUT2D eigenvalue weighted by atomic mass is 10.0. The molecule has 21 heavy (non-hydrogen) atoms. The number of anilines is 1. The highest BCUT2D eigenvalue weighted by atomic mass is 79.9. The lowest BCUT2D eigenvalue weighted by Crippen LogP contribution is -2.36. The molecule has 1 unspecified atom stereocenters. The van der Waals surface area contributed by atoms with Crippen molar-refractivity contribution in [2.75, 3.05) is 11.9 Å². The van der Waals surface area contributed by atoms with Crippen molar-refractivity contribution in [3.63, 3.8) is 0 Å². The van der Waals surface area contributed by atoms with Crippen molar-refractivity contribution in [2.45, 2.75) is 26.2 Å². The maximum atomic E-state index is 13.5. The van der Waals surface area contributed by atoms with E-state index in [1.54, 1.807) is 6.07 Å². The summed E-state index contributed by atoms with van der Waals surface area (Å²) in [6.45, 7) is 1.98. The van der Waals surface area contributed by atoms with Crippen molar-refractivity contribution >= 4 is 33.6 Å². The molecular weight excluding hydrogens is 343 g/mol. The summed E-state index contributed by atoms with van der Waals surface area (Å²) in [5.74, 6) is -2.15. The normalized spacial score (nSPS) is 11.8. The average Bonchev–Trinajstić information content (AvgIpc) is 2.41.